The van der Waals surface area contributed by atoms with Crippen molar-refractivity contribution in [3.63, 3.8) is 0 Å². The van der Waals surface area contributed by atoms with Gasteiger partial charge in [0.05, 0.1) is 6.20 Å². The highest BCUT2D eigenvalue weighted by Crippen LogP contribution is 2.17. The van der Waals surface area contributed by atoms with Crippen LogP contribution in [0.5, 0.6) is 0 Å². The van der Waals surface area contributed by atoms with Crippen molar-refractivity contribution in [3.8, 4) is 0 Å². The molecule has 0 fully saturated rings. The van der Waals surface area contributed by atoms with E-state index in [0.29, 0.717) is 6.42 Å². The Bertz CT molecular complexity index is 1000. The van der Waals surface area contributed by atoms with Crippen LogP contribution in [0.1, 0.15) is 28.6 Å². The smallest absolute Gasteiger partial charge is 0.412 e. The zero-order chi connectivity index (χ0) is 19.9. The Morgan fingerprint density at radius 1 is 1.18 bits per heavy atom. The van der Waals surface area contributed by atoms with E-state index in [1.54, 1.807) is 0 Å². The largest absolute Gasteiger partial charge is 0.444 e. The zero-order valence-corrected chi connectivity index (χ0v) is 15.4. The van der Waals surface area contributed by atoms with Crippen LogP contribution in [0.25, 0.3) is 0 Å². The Kier molecular flexibility index (Phi) is 6.18. The van der Waals surface area contributed by atoms with Crippen LogP contribution in [-0.4, -0.2) is 21.2 Å². The van der Waals surface area contributed by atoms with Gasteiger partial charge in [0.25, 0.3) is 5.56 Å². The molecule has 144 valence electrons. The number of aliphatic hydroxyl groups excluding tert-OH is 1. The summed E-state index contributed by atoms with van der Waals surface area (Å²) in [7, 11) is 0. The highest BCUT2D eigenvalue weighted by atomic mass is 16.5. The van der Waals surface area contributed by atoms with Gasteiger partial charge in [-0.1, -0.05) is 54.6 Å². The first-order valence-electron chi connectivity index (χ1n) is 8.82. The number of H-pyrrole nitrogens is 1. The minimum Gasteiger partial charge on any atom is -0.444 e. The summed E-state index contributed by atoms with van der Waals surface area (Å²) in [6.45, 7) is 2.04. The number of hydrogen-bond donors (Lipinski definition) is 3. The average molecular weight is 379 g/mol. The highest BCUT2D eigenvalue weighted by molar-refractivity contribution is 5.83. The van der Waals surface area contributed by atoms with Crippen molar-refractivity contribution in [1.82, 2.24) is 9.97 Å². The molecule has 2 aromatic carbocycles. The summed E-state index contributed by atoms with van der Waals surface area (Å²) in [6, 6.07) is 16.9. The van der Waals surface area contributed by atoms with Gasteiger partial charge in [0.15, 0.2) is 0 Å². The van der Waals surface area contributed by atoms with Gasteiger partial charge in [0.2, 0.25) is 0 Å². The van der Waals surface area contributed by atoms with E-state index in [1.807, 2.05) is 61.5 Å². The van der Waals surface area contributed by atoms with Crippen LogP contribution in [-0.2, 0) is 17.8 Å². The van der Waals surface area contributed by atoms with Crippen molar-refractivity contribution in [1.29, 1.82) is 0 Å². The van der Waals surface area contributed by atoms with Gasteiger partial charge in [0.1, 0.15) is 24.2 Å². The number of nitrogens with zero attached hydrogens (tertiary/aromatic N) is 1. The Balaban J connectivity index is 1.61. The topological polar surface area (TPSA) is 104 Å². The van der Waals surface area contributed by atoms with Crippen molar-refractivity contribution in [2.45, 2.75) is 26.1 Å². The molecule has 7 heteroatoms. The van der Waals surface area contributed by atoms with Crippen LogP contribution < -0.4 is 10.9 Å². The summed E-state index contributed by atoms with van der Waals surface area (Å²) in [5.74, 6) is 0.136. The predicted octanol–water partition coefficient (Wildman–Crippen LogP) is 3.10. The maximum absolute atomic E-state index is 12.2. The van der Waals surface area contributed by atoms with Crippen LogP contribution in [0, 0.1) is 6.92 Å². The van der Waals surface area contributed by atoms with Crippen LogP contribution in [0.15, 0.2) is 65.6 Å². The maximum Gasteiger partial charge on any atom is 0.412 e. The van der Waals surface area contributed by atoms with E-state index in [9.17, 15) is 14.7 Å². The van der Waals surface area contributed by atoms with Gasteiger partial charge in [0, 0.05) is 6.42 Å². The maximum atomic E-state index is 12.2. The van der Waals surface area contributed by atoms with E-state index in [2.05, 4.69) is 15.3 Å². The molecule has 3 N–H and O–H groups in total. The summed E-state index contributed by atoms with van der Waals surface area (Å²) < 4.78 is 5.08. The number of aliphatic hydroxyl groups is 1. The Morgan fingerprint density at radius 2 is 1.89 bits per heavy atom. The Hall–Kier alpha value is -3.45. The van der Waals surface area contributed by atoms with Crippen LogP contribution in [0.4, 0.5) is 10.5 Å². The molecular formula is C21H21N3O4. The lowest BCUT2D eigenvalue weighted by Crippen LogP contribution is -2.23. The van der Waals surface area contributed by atoms with E-state index >= 15 is 0 Å². The van der Waals surface area contributed by atoms with Crippen LogP contribution in [0.3, 0.4) is 0 Å². The number of amides is 1. The number of anilines is 1. The standard InChI is InChI=1S/C21H21N3O4/c1-14-7-5-6-10-16(14)11-18(25)19-22-12-17(20(26)24-19)23-21(27)28-13-15-8-3-2-4-9-15/h2-10,12,18,25H,11,13H2,1H3,(H,23,27)(H,22,24,26). The number of aryl methyl sites for hydroxylation is 1. The third-order valence-corrected chi connectivity index (χ3v) is 4.26. The van der Waals surface area contributed by atoms with E-state index < -0.39 is 17.8 Å². The minimum absolute atomic E-state index is 0.0510. The molecular weight excluding hydrogens is 358 g/mol. The molecule has 0 saturated carbocycles. The number of ether oxygens (including phenoxy) is 1. The number of hydrogen-bond acceptors (Lipinski definition) is 5. The molecule has 0 bridgehead atoms. The van der Waals surface area contributed by atoms with Gasteiger partial charge in [-0.05, 0) is 23.6 Å². The van der Waals surface area contributed by atoms with E-state index in [0.717, 1.165) is 16.7 Å². The van der Waals surface area contributed by atoms with E-state index in [4.69, 9.17) is 4.74 Å². The van der Waals surface area contributed by atoms with Crippen molar-refractivity contribution in [2.75, 3.05) is 5.32 Å². The summed E-state index contributed by atoms with van der Waals surface area (Å²) in [6.07, 6.45) is -0.196. The van der Waals surface area contributed by atoms with Crippen LogP contribution >= 0.6 is 0 Å². The second-order valence-electron chi connectivity index (χ2n) is 6.34. The monoisotopic (exact) mass is 379 g/mol. The second kappa shape index (κ2) is 8.96. The van der Waals surface area contributed by atoms with Crippen molar-refractivity contribution in [3.05, 3.63) is 93.7 Å². The molecule has 1 atom stereocenters. The average Bonchev–Trinajstić information content (AvgIpc) is 2.70. The van der Waals surface area contributed by atoms with Crippen molar-refractivity contribution < 1.29 is 14.6 Å². The minimum atomic E-state index is -0.965. The molecule has 0 spiro atoms. The first-order chi connectivity index (χ1) is 13.5. The van der Waals surface area contributed by atoms with Crippen LogP contribution in [0.2, 0.25) is 0 Å². The summed E-state index contributed by atoms with van der Waals surface area (Å²) in [5, 5.41) is 12.7. The molecule has 1 amide bonds. The van der Waals surface area contributed by atoms with Crippen molar-refractivity contribution >= 4 is 11.8 Å². The number of carbonyl (C=O) groups excluding carboxylic acids is 1. The molecule has 28 heavy (non-hydrogen) atoms. The van der Waals surface area contributed by atoms with E-state index in [-0.39, 0.29) is 18.1 Å². The summed E-state index contributed by atoms with van der Waals surface area (Å²) in [4.78, 5) is 30.6. The van der Waals surface area contributed by atoms with Crippen molar-refractivity contribution in [2.24, 2.45) is 0 Å². The van der Waals surface area contributed by atoms with Gasteiger partial charge in [-0.2, -0.15) is 0 Å². The van der Waals surface area contributed by atoms with Gasteiger partial charge in [-0.3, -0.25) is 10.1 Å². The molecule has 1 aromatic heterocycles. The van der Waals surface area contributed by atoms with Gasteiger partial charge < -0.3 is 14.8 Å². The fraction of sp³-hybridized carbons (Fsp3) is 0.190. The molecule has 0 aliphatic rings. The molecule has 3 aromatic rings. The molecule has 1 heterocycles. The Labute approximate surface area is 162 Å². The number of aromatic nitrogens is 2. The molecule has 7 nitrogen and oxygen atoms in total. The van der Waals surface area contributed by atoms with Gasteiger partial charge in [-0.25, -0.2) is 9.78 Å². The normalized spacial score (nSPS) is 11.6. The number of nitrogens with one attached hydrogen (secondary N) is 2. The number of carbonyl (C=O) groups is 1. The fourth-order valence-corrected chi connectivity index (χ4v) is 2.68. The quantitative estimate of drug-likeness (QED) is 0.610. The summed E-state index contributed by atoms with van der Waals surface area (Å²) in [5.41, 5.74) is 2.22. The second-order valence-corrected chi connectivity index (χ2v) is 6.34. The molecule has 0 aliphatic carbocycles. The molecule has 3 rings (SSSR count). The lowest BCUT2D eigenvalue weighted by Gasteiger charge is -2.12. The summed E-state index contributed by atoms with van der Waals surface area (Å²) >= 11 is 0. The number of aromatic amines is 1. The molecule has 0 radical (unpaired) electrons. The lowest BCUT2D eigenvalue weighted by molar-refractivity contribution is 0.155. The number of rotatable bonds is 6. The molecule has 0 aliphatic heterocycles. The Morgan fingerprint density at radius 3 is 2.61 bits per heavy atom. The van der Waals surface area contributed by atoms with Gasteiger partial charge in [-0.15, -0.1) is 0 Å². The van der Waals surface area contributed by atoms with Gasteiger partial charge >= 0.3 is 6.09 Å². The predicted molar refractivity (Wildman–Crippen MR) is 105 cm³/mol. The number of benzene rings is 2. The first-order valence-corrected chi connectivity index (χ1v) is 8.82. The lowest BCUT2D eigenvalue weighted by atomic mass is 10.0. The molecule has 1 unspecified atom stereocenters. The first kappa shape index (κ1) is 19.3. The SMILES string of the molecule is Cc1ccccc1CC(O)c1ncc(NC(=O)OCc2ccccc2)c(=O)[nH]1. The zero-order valence-electron chi connectivity index (χ0n) is 15.4. The third-order valence-electron chi connectivity index (χ3n) is 4.26. The molecule has 0 saturated heterocycles. The van der Waals surface area contributed by atoms with E-state index in [1.165, 1.54) is 6.20 Å². The fourth-order valence-electron chi connectivity index (χ4n) is 2.68. The highest BCUT2D eigenvalue weighted by Gasteiger charge is 2.15. The third kappa shape index (κ3) is 5.05.